The number of hydrogen-bond donors (Lipinski definition) is 4. The van der Waals surface area contributed by atoms with Gasteiger partial charge in [0.05, 0.1) is 6.04 Å². The third-order valence-electron chi connectivity index (χ3n) is 6.42. The van der Waals surface area contributed by atoms with Crippen molar-refractivity contribution in [2.45, 2.75) is 58.2 Å². The molecule has 3 amide bonds. The fourth-order valence-electron chi connectivity index (χ4n) is 4.33. The molecule has 1 aliphatic heterocycles. The number of nitrogens with one attached hydrogen (secondary N) is 4. The van der Waals surface area contributed by atoms with E-state index < -0.39 is 18.1 Å². The summed E-state index contributed by atoms with van der Waals surface area (Å²) in [4.78, 5) is 39.6. The van der Waals surface area contributed by atoms with Crippen LogP contribution in [-0.2, 0) is 20.8 Å². The second kappa shape index (κ2) is 14.9. The van der Waals surface area contributed by atoms with Gasteiger partial charge >= 0.3 is 0 Å². The van der Waals surface area contributed by atoms with Crippen LogP contribution in [0.15, 0.2) is 60.7 Å². The minimum Gasteiger partial charge on any atom is -0.492 e. The van der Waals surface area contributed by atoms with E-state index in [4.69, 9.17) is 4.74 Å². The van der Waals surface area contributed by atoms with E-state index >= 15 is 0 Å². The van der Waals surface area contributed by atoms with E-state index in [1.54, 1.807) is 0 Å². The van der Waals surface area contributed by atoms with Crippen molar-refractivity contribution in [1.29, 1.82) is 0 Å². The van der Waals surface area contributed by atoms with Crippen molar-refractivity contribution >= 4 is 23.8 Å². The van der Waals surface area contributed by atoms with Gasteiger partial charge in [-0.2, -0.15) is 0 Å². The first kappa shape index (κ1) is 28.9. The quantitative estimate of drug-likeness (QED) is 0.485. The molecular formula is C30H40N4O4. The van der Waals surface area contributed by atoms with Crippen LogP contribution >= 0.6 is 0 Å². The smallest absolute Gasteiger partial charge is 0.243 e. The highest BCUT2D eigenvalue weighted by Gasteiger charge is 2.30. The summed E-state index contributed by atoms with van der Waals surface area (Å²) in [6.45, 7) is 6.82. The first-order chi connectivity index (χ1) is 18.4. The summed E-state index contributed by atoms with van der Waals surface area (Å²) in [5.41, 5.74) is 1.89. The molecule has 4 N–H and O–H groups in total. The van der Waals surface area contributed by atoms with Gasteiger partial charge < -0.3 is 26.0 Å². The molecule has 38 heavy (non-hydrogen) atoms. The molecule has 0 aliphatic carbocycles. The molecular weight excluding hydrogens is 480 g/mol. The van der Waals surface area contributed by atoms with Gasteiger partial charge in [-0.15, -0.1) is 0 Å². The summed E-state index contributed by atoms with van der Waals surface area (Å²) in [6.07, 6.45) is 5.44. The molecule has 3 rings (SSSR count). The van der Waals surface area contributed by atoms with Crippen molar-refractivity contribution in [3.05, 3.63) is 71.8 Å². The normalized spacial score (nSPS) is 21.8. The van der Waals surface area contributed by atoms with E-state index in [0.29, 0.717) is 32.5 Å². The average molecular weight is 521 g/mol. The molecule has 8 nitrogen and oxygen atoms in total. The van der Waals surface area contributed by atoms with Gasteiger partial charge in [0.2, 0.25) is 17.7 Å². The molecule has 204 valence electrons. The van der Waals surface area contributed by atoms with Crippen LogP contribution < -0.4 is 26.0 Å². The molecule has 0 saturated carbocycles. The highest BCUT2D eigenvalue weighted by molar-refractivity contribution is 5.93. The highest BCUT2D eigenvalue weighted by atomic mass is 16.5. The lowest BCUT2D eigenvalue weighted by molar-refractivity contribution is -0.133. The summed E-state index contributed by atoms with van der Waals surface area (Å²) >= 11 is 0. The van der Waals surface area contributed by atoms with E-state index in [9.17, 15) is 14.4 Å². The van der Waals surface area contributed by atoms with Gasteiger partial charge in [0, 0.05) is 18.7 Å². The molecule has 3 atom stereocenters. The molecule has 0 saturated heterocycles. The fraction of sp³-hybridized carbons (Fsp3) is 0.433. The van der Waals surface area contributed by atoms with E-state index in [1.807, 2.05) is 87.5 Å². The zero-order valence-electron chi connectivity index (χ0n) is 22.5. The summed E-state index contributed by atoms with van der Waals surface area (Å²) in [5, 5.41) is 12.0. The largest absolute Gasteiger partial charge is 0.492 e. The topological polar surface area (TPSA) is 109 Å². The van der Waals surface area contributed by atoms with Crippen LogP contribution in [0.25, 0.3) is 6.08 Å². The van der Waals surface area contributed by atoms with Gasteiger partial charge in [-0.3, -0.25) is 14.4 Å². The second-order valence-electron chi connectivity index (χ2n) is 9.81. The molecule has 0 bridgehead atoms. The Bertz CT molecular complexity index is 1090. The van der Waals surface area contributed by atoms with E-state index in [0.717, 1.165) is 23.3 Å². The fourth-order valence-corrected chi connectivity index (χ4v) is 4.33. The Labute approximate surface area is 225 Å². The number of carbonyl (C=O) groups excluding carboxylic acids is 3. The first-order valence-electron chi connectivity index (χ1n) is 13.4. The Balaban J connectivity index is 1.87. The molecule has 0 aromatic heterocycles. The van der Waals surface area contributed by atoms with Crippen LogP contribution in [0.2, 0.25) is 0 Å². The lowest BCUT2D eigenvalue weighted by Crippen LogP contribution is -2.58. The number of para-hydroxylation sites is 1. The standard InChI is InChI=1S/C30H40N4O4/c1-4-11-24-28(35)32-17-10-15-23-14-8-9-16-26(23)38-19-18-31-25(20-22-12-6-5-7-13-22)29(36)34-27(21(2)3)30(37)33-24/h5-10,12-16,21,24-25,27,31H,4,11,17-20H2,1-3H3,(H,32,35)(H,33,37)(H,34,36)/t24-,25+,27+/m0/s1. The van der Waals surface area contributed by atoms with E-state index in [1.165, 1.54) is 0 Å². The Morgan fingerprint density at radius 2 is 1.63 bits per heavy atom. The first-order valence-corrected chi connectivity index (χ1v) is 13.4. The van der Waals surface area contributed by atoms with Gasteiger partial charge in [0.1, 0.15) is 24.4 Å². The maximum Gasteiger partial charge on any atom is 0.243 e. The maximum atomic E-state index is 13.5. The lowest BCUT2D eigenvalue weighted by Gasteiger charge is -2.27. The average Bonchev–Trinajstić information content (AvgIpc) is 2.91. The molecule has 1 aliphatic rings. The van der Waals surface area contributed by atoms with Crippen LogP contribution in [0, 0.1) is 5.92 Å². The van der Waals surface area contributed by atoms with Gasteiger partial charge in [-0.1, -0.05) is 87.9 Å². The number of amides is 3. The number of hydrogen-bond acceptors (Lipinski definition) is 5. The third-order valence-corrected chi connectivity index (χ3v) is 6.42. The minimum absolute atomic E-state index is 0.171. The van der Waals surface area contributed by atoms with Gasteiger partial charge in [-0.25, -0.2) is 0 Å². The number of carbonyl (C=O) groups is 3. The molecule has 0 radical (unpaired) electrons. The monoisotopic (exact) mass is 520 g/mol. The zero-order chi connectivity index (χ0) is 27.3. The SMILES string of the molecule is CCC[C@@H]1NC(=O)[C@@H](C(C)C)NC(=O)[C@@H](Cc2ccccc2)NCCOc2ccccc2C=CCNC1=O. The molecule has 2 aromatic rings. The van der Waals surface area contributed by atoms with Crippen molar-refractivity contribution in [3.63, 3.8) is 0 Å². The van der Waals surface area contributed by atoms with Crippen molar-refractivity contribution in [3.8, 4) is 5.75 Å². The van der Waals surface area contributed by atoms with Crippen LogP contribution in [0.5, 0.6) is 5.75 Å². The van der Waals surface area contributed by atoms with E-state index in [-0.39, 0.29) is 23.6 Å². The Hall–Kier alpha value is -3.65. The molecule has 8 heteroatoms. The van der Waals surface area contributed by atoms with E-state index in [2.05, 4.69) is 21.3 Å². The van der Waals surface area contributed by atoms with Gasteiger partial charge in [0.25, 0.3) is 0 Å². The van der Waals surface area contributed by atoms with Crippen LogP contribution in [0.3, 0.4) is 0 Å². The number of ether oxygens (including phenoxy) is 1. The van der Waals surface area contributed by atoms with Crippen molar-refractivity contribution < 1.29 is 19.1 Å². The Kier molecular flexibility index (Phi) is 11.4. The summed E-state index contributed by atoms with van der Waals surface area (Å²) in [6, 6.07) is 15.4. The number of benzene rings is 2. The van der Waals surface area contributed by atoms with Gasteiger partial charge in [-0.05, 0) is 30.4 Å². The third kappa shape index (κ3) is 8.73. The van der Waals surface area contributed by atoms with Crippen LogP contribution in [0.1, 0.15) is 44.7 Å². The lowest BCUT2D eigenvalue weighted by atomic mass is 10.00. The number of rotatable bonds is 5. The van der Waals surface area contributed by atoms with Gasteiger partial charge in [0.15, 0.2) is 0 Å². The molecule has 1 heterocycles. The number of fused-ring (bicyclic) bond motifs is 1. The summed E-state index contributed by atoms with van der Waals surface area (Å²) < 4.78 is 6.02. The molecule has 0 spiro atoms. The predicted octanol–water partition coefficient (Wildman–Crippen LogP) is 2.83. The van der Waals surface area contributed by atoms with Crippen molar-refractivity contribution in [1.82, 2.24) is 21.3 Å². The summed E-state index contributed by atoms with van der Waals surface area (Å²) in [5.74, 6) is -0.348. The van der Waals surface area contributed by atoms with Crippen LogP contribution in [-0.4, -0.2) is 55.5 Å². The molecule has 0 fully saturated rings. The molecule has 2 aromatic carbocycles. The van der Waals surface area contributed by atoms with Crippen molar-refractivity contribution in [2.75, 3.05) is 19.7 Å². The minimum atomic E-state index is -0.781. The van der Waals surface area contributed by atoms with Crippen LogP contribution in [0.4, 0.5) is 0 Å². The predicted molar refractivity (Wildman–Crippen MR) is 150 cm³/mol. The molecule has 0 unspecified atom stereocenters. The van der Waals surface area contributed by atoms with Crippen molar-refractivity contribution in [2.24, 2.45) is 5.92 Å². The maximum absolute atomic E-state index is 13.5. The highest BCUT2D eigenvalue weighted by Crippen LogP contribution is 2.19. The zero-order valence-corrected chi connectivity index (χ0v) is 22.5. The Morgan fingerprint density at radius 3 is 2.37 bits per heavy atom. The Morgan fingerprint density at radius 1 is 0.895 bits per heavy atom. The second-order valence-corrected chi connectivity index (χ2v) is 9.81. The summed E-state index contributed by atoms with van der Waals surface area (Å²) in [7, 11) is 0.